The van der Waals surface area contributed by atoms with Gasteiger partial charge in [-0.1, -0.05) is 19.8 Å². The van der Waals surface area contributed by atoms with Crippen LogP contribution in [0.3, 0.4) is 0 Å². The second-order valence-electron chi connectivity index (χ2n) is 5.55. The molecule has 5 nitrogen and oxygen atoms in total. The number of aromatic carboxylic acids is 1. The van der Waals surface area contributed by atoms with Crippen LogP contribution < -0.4 is 5.32 Å². The number of hydrogen-bond acceptors (Lipinski definition) is 4. The van der Waals surface area contributed by atoms with Gasteiger partial charge in [0, 0.05) is 6.04 Å². The van der Waals surface area contributed by atoms with Gasteiger partial charge < -0.3 is 10.4 Å². The number of aryl methyl sites for hydroxylation is 1. The van der Waals surface area contributed by atoms with Gasteiger partial charge in [0.15, 0.2) is 5.82 Å². The summed E-state index contributed by atoms with van der Waals surface area (Å²) in [6, 6.07) is 0.304. The quantitative estimate of drug-likeness (QED) is 0.877. The maximum atomic E-state index is 11.4. The van der Waals surface area contributed by atoms with Gasteiger partial charge in [-0.05, 0) is 38.2 Å². The monoisotopic (exact) mass is 263 g/mol. The van der Waals surface area contributed by atoms with E-state index in [0.29, 0.717) is 29.0 Å². The number of aromatic nitrogens is 2. The van der Waals surface area contributed by atoms with Crippen molar-refractivity contribution in [2.24, 2.45) is 5.92 Å². The van der Waals surface area contributed by atoms with E-state index in [2.05, 4.69) is 22.4 Å². The topological polar surface area (TPSA) is 75.1 Å². The summed E-state index contributed by atoms with van der Waals surface area (Å²) in [5.74, 6) is 0.149. The first-order chi connectivity index (χ1) is 8.99. The van der Waals surface area contributed by atoms with Crippen LogP contribution in [-0.2, 0) is 0 Å². The van der Waals surface area contributed by atoms with Gasteiger partial charge in [0.2, 0.25) is 0 Å². The smallest absolute Gasteiger partial charge is 0.339 e. The molecular weight excluding hydrogens is 242 g/mol. The number of carboxylic acids is 1. The summed E-state index contributed by atoms with van der Waals surface area (Å²) in [4.78, 5) is 11.4. The number of hydrogen-bond donors (Lipinski definition) is 2. The van der Waals surface area contributed by atoms with Crippen molar-refractivity contribution in [3.63, 3.8) is 0 Å². The molecule has 0 aliphatic heterocycles. The summed E-state index contributed by atoms with van der Waals surface area (Å²) in [5, 5.41) is 20.7. The third-order valence-electron chi connectivity index (χ3n) is 3.95. The van der Waals surface area contributed by atoms with Gasteiger partial charge in [0.05, 0.1) is 5.69 Å². The molecule has 5 heteroatoms. The highest BCUT2D eigenvalue weighted by atomic mass is 16.4. The molecule has 1 aromatic rings. The molecule has 104 valence electrons. The molecule has 2 atom stereocenters. The van der Waals surface area contributed by atoms with E-state index in [1.165, 1.54) is 12.8 Å². The average Bonchev–Trinajstić information content (AvgIpc) is 2.33. The van der Waals surface area contributed by atoms with Gasteiger partial charge in [-0.2, -0.15) is 5.10 Å². The van der Waals surface area contributed by atoms with E-state index in [1.54, 1.807) is 13.8 Å². The summed E-state index contributed by atoms with van der Waals surface area (Å²) in [7, 11) is 0. The lowest BCUT2D eigenvalue weighted by Gasteiger charge is -2.28. The van der Waals surface area contributed by atoms with Crippen molar-refractivity contribution in [1.29, 1.82) is 0 Å². The third kappa shape index (κ3) is 3.03. The third-order valence-corrected chi connectivity index (χ3v) is 3.95. The number of nitrogens with zero attached hydrogens (tertiary/aromatic N) is 2. The van der Waals surface area contributed by atoms with Crippen LogP contribution in [-0.4, -0.2) is 27.3 Å². The highest BCUT2D eigenvalue weighted by Gasteiger charge is 2.23. The fourth-order valence-corrected chi connectivity index (χ4v) is 2.73. The van der Waals surface area contributed by atoms with Crippen molar-refractivity contribution >= 4 is 11.8 Å². The first-order valence-electron chi connectivity index (χ1n) is 6.82. The number of carboxylic acid groups (broad SMARTS) is 1. The van der Waals surface area contributed by atoms with E-state index in [9.17, 15) is 9.90 Å². The van der Waals surface area contributed by atoms with Crippen LogP contribution in [0.25, 0.3) is 0 Å². The van der Waals surface area contributed by atoms with Gasteiger partial charge in [-0.15, -0.1) is 5.10 Å². The normalized spacial score (nSPS) is 23.1. The molecule has 0 spiro atoms. The molecule has 2 unspecified atom stereocenters. The Balaban J connectivity index is 2.24. The van der Waals surface area contributed by atoms with Gasteiger partial charge in [-0.25, -0.2) is 4.79 Å². The molecule has 1 heterocycles. The van der Waals surface area contributed by atoms with Crippen molar-refractivity contribution in [3.05, 3.63) is 16.8 Å². The van der Waals surface area contributed by atoms with E-state index in [1.807, 2.05) is 0 Å². The van der Waals surface area contributed by atoms with Crippen molar-refractivity contribution < 1.29 is 9.90 Å². The first kappa shape index (κ1) is 13.8. The summed E-state index contributed by atoms with van der Waals surface area (Å²) in [6.45, 7) is 5.79. The fourth-order valence-electron chi connectivity index (χ4n) is 2.73. The Kier molecular flexibility index (Phi) is 4.02. The van der Waals surface area contributed by atoms with E-state index < -0.39 is 5.97 Å². The highest BCUT2D eigenvalue weighted by molar-refractivity contribution is 5.94. The van der Waals surface area contributed by atoms with Crippen molar-refractivity contribution in [1.82, 2.24) is 10.2 Å². The molecule has 1 saturated carbocycles. The summed E-state index contributed by atoms with van der Waals surface area (Å²) in [6.07, 6.45) is 4.56. The lowest BCUT2D eigenvalue weighted by molar-refractivity contribution is 0.0696. The summed E-state index contributed by atoms with van der Waals surface area (Å²) < 4.78 is 0. The SMILES string of the molecule is Cc1nnc(NC2CCCC(C)C2)c(C(=O)O)c1C. The molecule has 0 saturated heterocycles. The Labute approximate surface area is 113 Å². The van der Waals surface area contributed by atoms with Crippen molar-refractivity contribution in [2.45, 2.75) is 52.5 Å². The maximum Gasteiger partial charge on any atom is 0.339 e. The van der Waals surface area contributed by atoms with Crippen LogP contribution in [0.4, 0.5) is 5.82 Å². The van der Waals surface area contributed by atoms with Crippen molar-refractivity contribution in [3.8, 4) is 0 Å². The molecule has 0 aromatic carbocycles. The standard InChI is InChI=1S/C14H21N3O2/c1-8-5-4-6-11(7-8)15-13-12(14(18)19)9(2)10(3)16-17-13/h8,11H,4-7H2,1-3H3,(H,15,17)(H,18,19). The minimum atomic E-state index is -0.943. The molecule has 1 aliphatic carbocycles. The highest BCUT2D eigenvalue weighted by Crippen LogP contribution is 2.27. The van der Waals surface area contributed by atoms with Crippen LogP contribution in [0.15, 0.2) is 0 Å². The van der Waals surface area contributed by atoms with E-state index in [-0.39, 0.29) is 5.56 Å². The Morgan fingerprint density at radius 1 is 1.32 bits per heavy atom. The Bertz CT molecular complexity index is 488. The molecule has 2 rings (SSSR count). The molecule has 2 N–H and O–H groups in total. The predicted octanol–water partition coefficient (Wildman–Crippen LogP) is 2.78. The largest absolute Gasteiger partial charge is 0.478 e. The molecule has 0 bridgehead atoms. The Morgan fingerprint density at radius 2 is 2.05 bits per heavy atom. The minimum absolute atomic E-state index is 0.255. The molecule has 19 heavy (non-hydrogen) atoms. The minimum Gasteiger partial charge on any atom is -0.478 e. The number of rotatable bonds is 3. The maximum absolute atomic E-state index is 11.4. The van der Waals surface area contributed by atoms with Crippen LogP contribution >= 0.6 is 0 Å². The fraction of sp³-hybridized carbons (Fsp3) is 0.643. The second-order valence-corrected chi connectivity index (χ2v) is 5.55. The van der Waals surface area contributed by atoms with E-state index in [0.717, 1.165) is 12.8 Å². The predicted molar refractivity (Wildman–Crippen MR) is 73.5 cm³/mol. The van der Waals surface area contributed by atoms with Crippen LogP contribution in [0.1, 0.15) is 54.2 Å². The summed E-state index contributed by atoms with van der Waals surface area (Å²) >= 11 is 0. The van der Waals surface area contributed by atoms with Crippen LogP contribution in [0, 0.1) is 19.8 Å². The van der Waals surface area contributed by atoms with Gasteiger partial charge >= 0.3 is 5.97 Å². The van der Waals surface area contributed by atoms with Gasteiger partial charge in [-0.3, -0.25) is 0 Å². The zero-order valence-electron chi connectivity index (χ0n) is 11.7. The molecule has 1 fully saturated rings. The van der Waals surface area contributed by atoms with Gasteiger partial charge in [0.25, 0.3) is 0 Å². The zero-order valence-corrected chi connectivity index (χ0v) is 11.7. The second kappa shape index (κ2) is 5.55. The Morgan fingerprint density at radius 3 is 2.68 bits per heavy atom. The average molecular weight is 263 g/mol. The molecule has 1 aromatic heterocycles. The lowest BCUT2D eigenvalue weighted by atomic mass is 9.87. The molecule has 0 amide bonds. The van der Waals surface area contributed by atoms with Crippen LogP contribution in [0.2, 0.25) is 0 Å². The summed E-state index contributed by atoms with van der Waals surface area (Å²) in [5.41, 5.74) is 1.61. The van der Waals surface area contributed by atoms with E-state index in [4.69, 9.17) is 0 Å². The van der Waals surface area contributed by atoms with Gasteiger partial charge in [0.1, 0.15) is 5.56 Å². The number of carbonyl (C=O) groups is 1. The number of nitrogens with one attached hydrogen (secondary N) is 1. The first-order valence-corrected chi connectivity index (χ1v) is 6.82. The molecule has 1 aliphatic rings. The molecule has 0 radical (unpaired) electrons. The molecular formula is C14H21N3O2. The number of anilines is 1. The zero-order chi connectivity index (χ0) is 14.0. The van der Waals surface area contributed by atoms with Crippen LogP contribution in [0.5, 0.6) is 0 Å². The van der Waals surface area contributed by atoms with E-state index >= 15 is 0 Å². The lowest BCUT2D eigenvalue weighted by Crippen LogP contribution is -2.28. The van der Waals surface area contributed by atoms with Crippen molar-refractivity contribution in [2.75, 3.05) is 5.32 Å². The Hall–Kier alpha value is -1.65.